The summed E-state index contributed by atoms with van der Waals surface area (Å²) in [5.41, 5.74) is -0.436. The molecule has 0 saturated carbocycles. The molecule has 0 radical (unpaired) electrons. The first-order valence-corrected chi connectivity index (χ1v) is 8.07. The van der Waals surface area contributed by atoms with Crippen LogP contribution in [0.25, 0.3) is 0 Å². The van der Waals surface area contributed by atoms with Gasteiger partial charge in [0.1, 0.15) is 16.9 Å². The Labute approximate surface area is 128 Å². The maximum absolute atomic E-state index is 13.4. The topological polar surface area (TPSA) is 120 Å². The van der Waals surface area contributed by atoms with Crippen molar-refractivity contribution in [1.82, 2.24) is 9.71 Å². The van der Waals surface area contributed by atoms with Crippen molar-refractivity contribution in [1.29, 1.82) is 5.26 Å². The molecule has 0 unspecified atom stereocenters. The molecule has 0 fully saturated rings. The molecule has 2 aromatic rings. The number of carboxylic acids is 1. The number of hydrogen-bond donors (Lipinski definition) is 2. The summed E-state index contributed by atoms with van der Waals surface area (Å²) in [5, 5.41) is 18.9. The lowest BCUT2D eigenvalue weighted by Crippen LogP contribution is -2.23. The number of nitrogens with one attached hydrogen (secondary N) is 1. The van der Waals surface area contributed by atoms with E-state index in [1.54, 1.807) is 6.07 Å². The number of halogens is 1. The van der Waals surface area contributed by atoms with E-state index in [4.69, 9.17) is 10.4 Å². The molecule has 1 aromatic heterocycles. The molecule has 0 saturated heterocycles. The van der Waals surface area contributed by atoms with E-state index in [0.717, 1.165) is 29.5 Å². The van der Waals surface area contributed by atoms with Crippen molar-refractivity contribution < 1.29 is 22.7 Å². The number of sulfonamides is 1. The van der Waals surface area contributed by atoms with Gasteiger partial charge in [-0.2, -0.15) is 5.26 Å². The molecule has 0 aliphatic carbocycles. The van der Waals surface area contributed by atoms with Gasteiger partial charge in [-0.1, -0.05) is 0 Å². The Kier molecular flexibility index (Phi) is 4.51. The fourth-order valence-corrected chi connectivity index (χ4v) is 3.28. The molecule has 7 nitrogen and oxygen atoms in total. The first-order chi connectivity index (χ1) is 10.3. The Bertz CT molecular complexity index is 871. The number of carbonyl (C=O) groups is 1. The predicted octanol–water partition coefficient (Wildman–Crippen LogP) is 1.33. The molecule has 114 valence electrons. The van der Waals surface area contributed by atoms with Gasteiger partial charge in [0.05, 0.1) is 17.0 Å². The number of benzene rings is 1. The minimum atomic E-state index is -4.00. The quantitative estimate of drug-likeness (QED) is 0.846. The summed E-state index contributed by atoms with van der Waals surface area (Å²) in [5.74, 6) is -2.15. The molecular weight excluding hydrogens is 333 g/mol. The number of hydrogen-bond acceptors (Lipinski definition) is 6. The van der Waals surface area contributed by atoms with E-state index in [0.29, 0.717) is 0 Å². The van der Waals surface area contributed by atoms with E-state index in [1.807, 2.05) is 0 Å². The van der Waals surface area contributed by atoms with E-state index in [9.17, 15) is 17.6 Å². The molecule has 10 heteroatoms. The Morgan fingerprint density at radius 3 is 2.77 bits per heavy atom. The van der Waals surface area contributed by atoms with E-state index >= 15 is 0 Å². The number of thiazole rings is 1. The van der Waals surface area contributed by atoms with Gasteiger partial charge >= 0.3 is 5.97 Å². The molecule has 1 aromatic carbocycles. The highest BCUT2D eigenvalue weighted by Crippen LogP contribution is 2.15. The van der Waals surface area contributed by atoms with Crippen LogP contribution in [0.1, 0.15) is 21.1 Å². The highest BCUT2D eigenvalue weighted by atomic mass is 32.2. The summed E-state index contributed by atoms with van der Waals surface area (Å²) in [6.45, 7) is -0.220. The Morgan fingerprint density at radius 1 is 1.50 bits per heavy atom. The number of carboxylic acid groups (broad SMARTS) is 1. The average Bonchev–Trinajstić information content (AvgIpc) is 2.94. The summed E-state index contributed by atoms with van der Waals surface area (Å²) < 4.78 is 39.6. The molecule has 0 atom stereocenters. The maximum Gasteiger partial charge on any atom is 0.355 e. The minimum Gasteiger partial charge on any atom is -0.476 e. The normalized spacial score (nSPS) is 11.1. The van der Waals surface area contributed by atoms with Crippen LogP contribution in [0.3, 0.4) is 0 Å². The van der Waals surface area contributed by atoms with Crippen molar-refractivity contribution in [2.75, 3.05) is 0 Å². The van der Waals surface area contributed by atoms with Gasteiger partial charge in [-0.3, -0.25) is 0 Å². The van der Waals surface area contributed by atoms with E-state index in [2.05, 4.69) is 9.71 Å². The summed E-state index contributed by atoms with van der Waals surface area (Å²) in [4.78, 5) is 14.1. The van der Waals surface area contributed by atoms with Crippen LogP contribution in [-0.2, 0) is 16.6 Å². The lowest BCUT2D eigenvalue weighted by Gasteiger charge is -2.05. The number of aromatic carboxylic acids is 1. The van der Waals surface area contributed by atoms with Crippen molar-refractivity contribution in [3.05, 3.63) is 45.7 Å². The van der Waals surface area contributed by atoms with Crippen LogP contribution in [0, 0.1) is 17.1 Å². The summed E-state index contributed by atoms with van der Waals surface area (Å²) in [6.07, 6.45) is 0. The van der Waals surface area contributed by atoms with Crippen molar-refractivity contribution in [2.24, 2.45) is 0 Å². The number of nitrogens with zero attached hydrogens (tertiary/aromatic N) is 2. The smallest absolute Gasteiger partial charge is 0.355 e. The fourth-order valence-electron chi connectivity index (χ4n) is 1.48. The van der Waals surface area contributed by atoms with Crippen LogP contribution in [0.5, 0.6) is 0 Å². The highest BCUT2D eigenvalue weighted by molar-refractivity contribution is 7.89. The van der Waals surface area contributed by atoms with Gasteiger partial charge in [0.25, 0.3) is 0 Å². The van der Waals surface area contributed by atoms with Crippen molar-refractivity contribution in [3.63, 3.8) is 0 Å². The lowest BCUT2D eigenvalue weighted by atomic mass is 10.2. The molecule has 2 rings (SSSR count). The molecule has 2 N–H and O–H groups in total. The maximum atomic E-state index is 13.4. The zero-order chi connectivity index (χ0) is 16.3. The van der Waals surface area contributed by atoms with Gasteiger partial charge in [-0.15, -0.1) is 11.3 Å². The predicted molar refractivity (Wildman–Crippen MR) is 74.2 cm³/mol. The third kappa shape index (κ3) is 3.45. The van der Waals surface area contributed by atoms with Crippen LogP contribution in [0.2, 0.25) is 0 Å². The van der Waals surface area contributed by atoms with Gasteiger partial charge in [-0.05, 0) is 18.2 Å². The number of rotatable bonds is 5. The zero-order valence-electron chi connectivity index (χ0n) is 10.8. The van der Waals surface area contributed by atoms with Gasteiger partial charge in [0, 0.05) is 5.38 Å². The fraction of sp³-hybridized carbons (Fsp3) is 0.0833. The molecular formula is C12H8FN3O4S2. The SMILES string of the molecule is N#Cc1ccc(S(=O)(=O)NCc2nc(C(=O)O)cs2)cc1F. The first kappa shape index (κ1) is 16.0. The van der Waals surface area contributed by atoms with Gasteiger partial charge in [0.2, 0.25) is 10.0 Å². The lowest BCUT2D eigenvalue weighted by molar-refractivity contribution is 0.0691. The van der Waals surface area contributed by atoms with Gasteiger partial charge in [-0.25, -0.2) is 27.3 Å². The van der Waals surface area contributed by atoms with Crippen molar-refractivity contribution in [3.8, 4) is 6.07 Å². The summed E-state index contributed by atoms with van der Waals surface area (Å²) in [7, 11) is -4.00. The largest absolute Gasteiger partial charge is 0.476 e. The van der Waals surface area contributed by atoms with Crippen LogP contribution < -0.4 is 4.72 Å². The number of aromatic nitrogens is 1. The van der Waals surface area contributed by atoms with E-state index in [1.165, 1.54) is 5.38 Å². The van der Waals surface area contributed by atoms with Crippen LogP contribution >= 0.6 is 11.3 Å². The standard InChI is InChI=1S/C12H8FN3O4S2/c13-9-3-8(2-1-7(9)4-14)22(19,20)15-5-11-16-10(6-21-11)12(17)18/h1-3,6,15H,5H2,(H,17,18). The second-order valence-electron chi connectivity index (χ2n) is 4.01. The monoisotopic (exact) mass is 341 g/mol. The van der Waals surface area contributed by atoms with E-state index in [-0.39, 0.29) is 27.7 Å². The van der Waals surface area contributed by atoms with Gasteiger partial charge < -0.3 is 5.11 Å². The van der Waals surface area contributed by atoms with Crippen molar-refractivity contribution >= 4 is 27.3 Å². The molecule has 0 bridgehead atoms. The van der Waals surface area contributed by atoms with Crippen LogP contribution in [-0.4, -0.2) is 24.5 Å². The molecule has 1 heterocycles. The second-order valence-corrected chi connectivity index (χ2v) is 6.72. The van der Waals surface area contributed by atoms with E-state index < -0.39 is 21.8 Å². The Morgan fingerprint density at radius 2 is 2.23 bits per heavy atom. The first-order valence-electron chi connectivity index (χ1n) is 5.70. The average molecular weight is 341 g/mol. The molecule has 22 heavy (non-hydrogen) atoms. The Balaban J connectivity index is 2.15. The molecule has 0 spiro atoms. The van der Waals surface area contributed by atoms with Crippen LogP contribution in [0.15, 0.2) is 28.5 Å². The zero-order valence-corrected chi connectivity index (χ0v) is 12.4. The molecule has 0 aliphatic rings. The number of nitriles is 1. The molecule has 0 aliphatic heterocycles. The Hall–Kier alpha value is -2.35. The molecule has 0 amide bonds. The third-order valence-corrected chi connectivity index (χ3v) is 4.80. The third-order valence-electron chi connectivity index (χ3n) is 2.56. The summed E-state index contributed by atoms with van der Waals surface area (Å²) in [6, 6.07) is 4.50. The summed E-state index contributed by atoms with van der Waals surface area (Å²) >= 11 is 0.987. The minimum absolute atomic E-state index is 0.177. The highest BCUT2D eigenvalue weighted by Gasteiger charge is 2.17. The second kappa shape index (κ2) is 6.18. The van der Waals surface area contributed by atoms with Crippen molar-refractivity contribution in [2.45, 2.75) is 11.4 Å². The van der Waals surface area contributed by atoms with Gasteiger partial charge in [0.15, 0.2) is 5.69 Å². The van der Waals surface area contributed by atoms with Crippen LogP contribution in [0.4, 0.5) is 4.39 Å².